The van der Waals surface area contributed by atoms with Gasteiger partial charge in [0.15, 0.2) is 0 Å². The second kappa shape index (κ2) is 6.67. The van der Waals surface area contributed by atoms with Crippen LogP contribution in [0.4, 0.5) is 8.78 Å². The predicted molar refractivity (Wildman–Crippen MR) is 66.0 cm³/mol. The van der Waals surface area contributed by atoms with Gasteiger partial charge in [0.25, 0.3) is 0 Å². The minimum atomic E-state index is -2.62. The van der Waals surface area contributed by atoms with Crippen LogP contribution in [-0.4, -0.2) is 12.7 Å². The number of rotatable bonds is 4. The molecule has 1 nitrogen and oxygen atoms in total. The van der Waals surface area contributed by atoms with Crippen molar-refractivity contribution in [2.45, 2.75) is 66.1 Å². The highest BCUT2D eigenvalue weighted by molar-refractivity contribution is 4.81. The summed E-state index contributed by atoms with van der Waals surface area (Å²) in [7, 11) is 0. The van der Waals surface area contributed by atoms with Crippen LogP contribution in [0.25, 0.3) is 0 Å². The monoisotopic (exact) mass is 248 g/mol. The van der Waals surface area contributed by atoms with Crippen LogP contribution in [0.15, 0.2) is 0 Å². The molecule has 0 saturated heterocycles. The lowest BCUT2D eigenvalue weighted by atomic mass is 9.74. The molecule has 1 aliphatic carbocycles. The lowest BCUT2D eigenvalue weighted by Crippen LogP contribution is -2.23. The van der Waals surface area contributed by atoms with E-state index in [-0.39, 0.29) is 6.10 Å². The first-order chi connectivity index (χ1) is 7.91. The lowest BCUT2D eigenvalue weighted by Gasteiger charge is -2.31. The molecule has 1 saturated carbocycles. The zero-order chi connectivity index (χ0) is 13.0. The maximum absolute atomic E-state index is 12.2. The third-order valence-corrected chi connectivity index (χ3v) is 4.20. The largest absolute Gasteiger partial charge is 0.345 e. The first-order valence-corrected chi connectivity index (χ1v) is 6.85. The smallest absolute Gasteiger partial charge is 0.320 e. The molecule has 2 atom stereocenters. The Morgan fingerprint density at radius 1 is 0.824 bits per heavy atom. The summed E-state index contributed by atoms with van der Waals surface area (Å²) in [6.07, 6.45) is 3.39. The standard InChI is InChI=1S/C14H26F2O/c1-9(2)12-7-5-11(17-14(15)16)6-8-13(12)10(3)4/h9-14H,5-8H2,1-4H3. The molecule has 0 heterocycles. The average molecular weight is 248 g/mol. The van der Waals surface area contributed by atoms with Crippen LogP contribution in [0.2, 0.25) is 0 Å². The van der Waals surface area contributed by atoms with Crippen LogP contribution >= 0.6 is 0 Å². The molecule has 0 bridgehead atoms. The van der Waals surface area contributed by atoms with Gasteiger partial charge in [-0.3, -0.25) is 0 Å². The van der Waals surface area contributed by atoms with Crippen LogP contribution in [0.1, 0.15) is 53.4 Å². The molecular weight excluding hydrogens is 222 g/mol. The van der Waals surface area contributed by atoms with Crippen molar-refractivity contribution in [1.29, 1.82) is 0 Å². The number of hydrogen-bond acceptors (Lipinski definition) is 1. The summed E-state index contributed by atoms with van der Waals surface area (Å²) in [4.78, 5) is 0. The molecule has 0 spiro atoms. The van der Waals surface area contributed by atoms with E-state index in [1.807, 2.05) is 0 Å². The first kappa shape index (κ1) is 14.9. The van der Waals surface area contributed by atoms with Crippen LogP contribution < -0.4 is 0 Å². The first-order valence-electron chi connectivity index (χ1n) is 6.85. The summed E-state index contributed by atoms with van der Waals surface area (Å²) in [6, 6.07) is 0. The molecule has 3 heteroatoms. The van der Waals surface area contributed by atoms with Gasteiger partial charge in [-0.1, -0.05) is 27.7 Å². The van der Waals surface area contributed by atoms with E-state index in [0.29, 0.717) is 23.7 Å². The average Bonchev–Trinajstić information content (AvgIpc) is 2.39. The molecule has 102 valence electrons. The third-order valence-electron chi connectivity index (χ3n) is 4.20. The normalized spacial score (nSPS) is 31.2. The van der Waals surface area contributed by atoms with Crippen LogP contribution in [-0.2, 0) is 4.74 Å². The molecule has 1 fully saturated rings. The molecule has 17 heavy (non-hydrogen) atoms. The second-order valence-corrected chi connectivity index (χ2v) is 5.99. The maximum atomic E-state index is 12.2. The van der Waals surface area contributed by atoms with Crippen LogP contribution in [0, 0.1) is 23.7 Å². The summed E-state index contributed by atoms with van der Waals surface area (Å²) in [5.74, 6) is 2.57. The SMILES string of the molecule is CC(C)C1CCC(OC(F)F)CCC1C(C)C. The Bertz CT molecular complexity index is 198. The van der Waals surface area contributed by atoms with E-state index in [2.05, 4.69) is 27.7 Å². The molecule has 0 aromatic rings. The van der Waals surface area contributed by atoms with Gasteiger partial charge in [0.2, 0.25) is 0 Å². The van der Waals surface area contributed by atoms with Gasteiger partial charge in [-0.05, 0) is 49.4 Å². The van der Waals surface area contributed by atoms with E-state index in [0.717, 1.165) is 25.7 Å². The Balaban J connectivity index is 2.62. The second-order valence-electron chi connectivity index (χ2n) is 5.99. The maximum Gasteiger partial charge on any atom is 0.345 e. The van der Waals surface area contributed by atoms with Crippen molar-refractivity contribution in [3.8, 4) is 0 Å². The molecule has 1 rings (SSSR count). The Morgan fingerprint density at radius 2 is 1.24 bits per heavy atom. The molecule has 0 aromatic heterocycles. The van der Waals surface area contributed by atoms with E-state index in [4.69, 9.17) is 4.74 Å². The highest BCUT2D eigenvalue weighted by Crippen LogP contribution is 2.39. The van der Waals surface area contributed by atoms with E-state index in [9.17, 15) is 8.78 Å². The number of alkyl halides is 2. The zero-order valence-corrected chi connectivity index (χ0v) is 11.5. The Labute approximate surface area is 104 Å². The Kier molecular flexibility index (Phi) is 5.84. The zero-order valence-electron chi connectivity index (χ0n) is 11.5. The molecule has 2 unspecified atom stereocenters. The van der Waals surface area contributed by atoms with Gasteiger partial charge in [0.05, 0.1) is 6.10 Å². The van der Waals surface area contributed by atoms with Gasteiger partial charge >= 0.3 is 6.61 Å². The molecule has 0 N–H and O–H groups in total. The summed E-state index contributed by atoms with van der Waals surface area (Å²) in [5.41, 5.74) is 0. The lowest BCUT2D eigenvalue weighted by molar-refractivity contribution is -0.165. The van der Waals surface area contributed by atoms with E-state index in [1.165, 1.54) is 0 Å². The van der Waals surface area contributed by atoms with Gasteiger partial charge in [-0.25, -0.2) is 0 Å². The van der Waals surface area contributed by atoms with Gasteiger partial charge in [-0.2, -0.15) is 8.78 Å². The molecule has 0 aliphatic heterocycles. The fourth-order valence-corrected chi connectivity index (χ4v) is 3.27. The molecule has 0 amide bonds. The summed E-state index contributed by atoms with van der Waals surface area (Å²) >= 11 is 0. The highest BCUT2D eigenvalue weighted by atomic mass is 19.3. The molecule has 0 radical (unpaired) electrons. The van der Waals surface area contributed by atoms with Gasteiger partial charge in [-0.15, -0.1) is 0 Å². The number of ether oxygens (including phenoxy) is 1. The van der Waals surface area contributed by atoms with Crippen molar-refractivity contribution < 1.29 is 13.5 Å². The van der Waals surface area contributed by atoms with Crippen molar-refractivity contribution in [1.82, 2.24) is 0 Å². The third kappa shape index (κ3) is 4.53. The van der Waals surface area contributed by atoms with Crippen LogP contribution in [0.5, 0.6) is 0 Å². The number of hydrogen-bond donors (Lipinski definition) is 0. The van der Waals surface area contributed by atoms with Crippen LogP contribution in [0.3, 0.4) is 0 Å². The minimum absolute atomic E-state index is 0.236. The van der Waals surface area contributed by atoms with E-state index < -0.39 is 6.61 Å². The van der Waals surface area contributed by atoms with Gasteiger partial charge in [0.1, 0.15) is 0 Å². The van der Waals surface area contributed by atoms with Crippen molar-refractivity contribution in [3.63, 3.8) is 0 Å². The minimum Gasteiger partial charge on any atom is -0.320 e. The van der Waals surface area contributed by atoms with Gasteiger partial charge in [0, 0.05) is 0 Å². The Hall–Kier alpha value is -0.180. The summed E-state index contributed by atoms with van der Waals surface area (Å²) in [6.45, 7) is 6.36. The quantitative estimate of drug-likeness (QED) is 0.654. The molecular formula is C14H26F2O. The topological polar surface area (TPSA) is 9.23 Å². The van der Waals surface area contributed by atoms with E-state index in [1.54, 1.807) is 0 Å². The van der Waals surface area contributed by atoms with E-state index >= 15 is 0 Å². The number of halogens is 2. The highest BCUT2D eigenvalue weighted by Gasteiger charge is 2.32. The van der Waals surface area contributed by atoms with Gasteiger partial charge < -0.3 is 4.74 Å². The summed E-state index contributed by atoms with van der Waals surface area (Å²) in [5, 5.41) is 0. The fraction of sp³-hybridized carbons (Fsp3) is 1.00. The van der Waals surface area contributed by atoms with Crippen molar-refractivity contribution in [2.75, 3.05) is 0 Å². The Morgan fingerprint density at radius 3 is 1.53 bits per heavy atom. The van der Waals surface area contributed by atoms with Crippen molar-refractivity contribution in [3.05, 3.63) is 0 Å². The summed E-state index contributed by atoms with van der Waals surface area (Å²) < 4.78 is 29.2. The molecule has 1 aliphatic rings. The van der Waals surface area contributed by atoms with Crippen molar-refractivity contribution in [2.24, 2.45) is 23.7 Å². The van der Waals surface area contributed by atoms with Crippen molar-refractivity contribution >= 4 is 0 Å². The molecule has 0 aromatic carbocycles. The fourth-order valence-electron chi connectivity index (χ4n) is 3.27. The predicted octanol–water partition coefficient (Wildman–Crippen LogP) is 4.71.